The van der Waals surface area contributed by atoms with Crippen LogP contribution in [0.5, 0.6) is 0 Å². The van der Waals surface area contributed by atoms with Crippen molar-refractivity contribution in [2.45, 2.75) is 25.2 Å². The van der Waals surface area contributed by atoms with Gasteiger partial charge in [-0.2, -0.15) is 0 Å². The van der Waals surface area contributed by atoms with E-state index < -0.39 is 35.6 Å². The Morgan fingerprint density at radius 1 is 1.23 bits per heavy atom. The van der Waals surface area contributed by atoms with Crippen molar-refractivity contribution in [3.8, 4) is 0 Å². The normalized spacial score (nSPS) is 32.8. The minimum absolute atomic E-state index is 0.0145. The Hall–Kier alpha value is -1.98. The number of alkyl halides is 2. The molecular weight excluding hydrogens is 292 g/mol. The summed E-state index contributed by atoms with van der Waals surface area (Å²) in [6.07, 6.45) is -0.455. The summed E-state index contributed by atoms with van der Waals surface area (Å²) in [5.74, 6) is -5.74. The first-order valence-electron chi connectivity index (χ1n) is 7.21. The average Bonchev–Trinajstić information content (AvgIpc) is 2.86. The molecule has 0 aromatic heterocycles. The second-order valence-electron chi connectivity index (χ2n) is 6.39. The van der Waals surface area contributed by atoms with Gasteiger partial charge in [-0.1, -0.05) is 30.3 Å². The molecule has 1 aromatic rings. The first-order valence-corrected chi connectivity index (χ1v) is 7.21. The van der Waals surface area contributed by atoms with Crippen LogP contribution in [-0.2, 0) is 9.59 Å². The number of carbonyl (C=O) groups excluding carboxylic acids is 1. The average molecular weight is 309 g/mol. The van der Waals surface area contributed by atoms with E-state index in [0.29, 0.717) is 0 Å². The molecule has 118 valence electrons. The Labute approximate surface area is 126 Å². The second-order valence-corrected chi connectivity index (χ2v) is 6.39. The van der Waals surface area contributed by atoms with Crippen LogP contribution in [0.1, 0.15) is 24.8 Å². The monoisotopic (exact) mass is 309 g/mol. The molecule has 2 fully saturated rings. The van der Waals surface area contributed by atoms with E-state index in [4.69, 9.17) is 0 Å². The maximum absolute atomic E-state index is 13.4. The van der Waals surface area contributed by atoms with Gasteiger partial charge in [0.15, 0.2) is 0 Å². The first-order chi connectivity index (χ1) is 10.3. The van der Waals surface area contributed by atoms with Crippen LogP contribution in [0.3, 0.4) is 0 Å². The van der Waals surface area contributed by atoms with Gasteiger partial charge in [0.05, 0.1) is 5.92 Å². The van der Waals surface area contributed by atoms with Crippen LogP contribution < -0.4 is 0 Å². The van der Waals surface area contributed by atoms with E-state index in [1.54, 1.807) is 12.1 Å². The Balaban J connectivity index is 1.83. The summed E-state index contributed by atoms with van der Waals surface area (Å²) in [5.41, 5.74) is -0.848. The maximum Gasteiger partial charge on any atom is 0.308 e. The van der Waals surface area contributed by atoms with Gasteiger partial charge in [-0.05, 0) is 12.5 Å². The molecule has 3 rings (SSSR count). The van der Waals surface area contributed by atoms with Crippen LogP contribution in [0.25, 0.3) is 0 Å². The number of carbonyl (C=O) groups is 2. The lowest BCUT2D eigenvalue weighted by molar-refractivity contribution is -0.142. The quantitative estimate of drug-likeness (QED) is 0.932. The standard InChI is InChI=1S/C16H17F2NO3/c1-15(9-16(15,17)18)14(22)19-7-11(12(8-19)13(20)21)10-5-3-2-4-6-10/h2-6,11-12H,7-9H2,1H3,(H,20,21)/t11-,12-,15?/m0/s1. The molecule has 1 unspecified atom stereocenters. The van der Waals surface area contributed by atoms with Crippen LogP contribution in [0.2, 0.25) is 0 Å². The van der Waals surface area contributed by atoms with Gasteiger partial charge in [-0.3, -0.25) is 9.59 Å². The number of nitrogens with zero attached hydrogens (tertiary/aromatic N) is 1. The zero-order valence-corrected chi connectivity index (χ0v) is 12.1. The number of aliphatic carboxylic acids is 1. The molecule has 1 N–H and O–H groups in total. The summed E-state index contributed by atoms with van der Waals surface area (Å²) in [4.78, 5) is 25.1. The van der Waals surface area contributed by atoms with Crippen LogP contribution in [0.15, 0.2) is 30.3 Å². The lowest BCUT2D eigenvalue weighted by atomic mass is 9.89. The number of rotatable bonds is 3. The van der Waals surface area contributed by atoms with Gasteiger partial charge >= 0.3 is 5.97 Å². The number of hydrogen-bond acceptors (Lipinski definition) is 2. The molecule has 0 radical (unpaired) electrons. The zero-order chi connectivity index (χ0) is 16.1. The molecule has 0 spiro atoms. The molecule has 1 aliphatic heterocycles. The van der Waals surface area contributed by atoms with Crippen molar-refractivity contribution in [2.24, 2.45) is 11.3 Å². The molecule has 2 aliphatic rings. The van der Waals surface area contributed by atoms with Crippen molar-refractivity contribution in [3.05, 3.63) is 35.9 Å². The van der Waals surface area contributed by atoms with Gasteiger partial charge in [0.2, 0.25) is 5.91 Å². The van der Waals surface area contributed by atoms with Crippen molar-refractivity contribution in [1.82, 2.24) is 4.90 Å². The van der Waals surface area contributed by atoms with Crippen LogP contribution >= 0.6 is 0 Å². The molecular formula is C16H17F2NO3. The van der Waals surface area contributed by atoms with E-state index in [0.717, 1.165) is 5.56 Å². The smallest absolute Gasteiger partial charge is 0.308 e. The number of halogens is 2. The van der Waals surface area contributed by atoms with Crippen LogP contribution in [-0.4, -0.2) is 40.9 Å². The minimum atomic E-state index is -2.98. The van der Waals surface area contributed by atoms with E-state index >= 15 is 0 Å². The van der Waals surface area contributed by atoms with Gasteiger partial charge < -0.3 is 10.0 Å². The predicted molar refractivity (Wildman–Crippen MR) is 74.6 cm³/mol. The fourth-order valence-electron chi connectivity index (χ4n) is 3.24. The van der Waals surface area contributed by atoms with Gasteiger partial charge in [0.1, 0.15) is 5.41 Å². The Kier molecular flexibility index (Phi) is 3.23. The van der Waals surface area contributed by atoms with Crippen LogP contribution in [0, 0.1) is 11.3 Å². The summed E-state index contributed by atoms with van der Waals surface area (Å²) in [6, 6.07) is 9.04. The van der Waals surface area contributed by atoms with Crippen molar-refractivity contribution >= 4 is 11.9 Å². The molecule has 6 heteroatoms. The number of likely N-dealkylation sites (tertiary alicyclic amines) is 1. The second kappa shape index (κ2) is 4.76. The SMILES string of the molecule is CC1(C(=O)N2C[C@H](C(=O)O)[C@H](c3ccccc3)C2)CC1(F)F. The third kappa shape index (κ3) is 2.17. The summed E-state index contributed by atoms with van der Waals surface area (Å²) < 4.78 is 26.8. The van der Waals surface area contributed by atoms with Crippen molar-refractivity contribution < 1.29 is 23.5 Å². The highest BCUT2D eigenvalue weighted by molar-refractivity contribution is 5.88. The Bertz CT molecular complexity index is 619. The summed E-state index contributed by atoms with van der Waals surface area (Å²) >= 11 is 0. The molecule has 22 heavy (non-hydrogen) atoms. The lowest BCUT2D eigenvalue weighted by Crippen LogP contribution is -2.37. The molecule has 1 aliphatic carbocycles. The largest absolute Gasteiger partial charge is 0.481 e. The highest BCUT2D eigenvalue weighted by Gasteiger charge is 2.73. The van der Waals surface area contributed by atoms with Gasteiger partial charge in [0.25, 0.3) is 5.92 Å². The Morgan fingerprint density at radius 2 is 1.82 bits per heavy atom. The molecule has 1 saturated heterocycles. The first kappa shape index (κ1) is 14.9. The number of amides is 1. The summed E-state index contributed by atoms with van der Waals surface area (Å²) in [6.45, 7) is 1.41. The van der Waals surface area contributed by atoms with Crippen molar-refractivity contribution in [3.63, 3.8) is 0 Å². The fraction of sp³-hybridized carbons (Fsp3) is 0.500. The molecule has 1 amide bonds. The van der Waals surface area contributed by atoms with Gasteiger partial charge in [0, 0.05) is 25.4 Å². The lowest BCUT2D eigenvalue weighted by Gasteiger charge is -2.20. The number of carboxylic acids is 1. The summed E-state index contributed by atoms with van der Waals surface area (Å²) in [7, 11) is 0. The maximum atomic E-state index is 13.4. The van der Waals surface area contributed by atoms with E-state index in [-0.39, 0.29) is 19.0 Å². The molecule has 4 nitrogen and oxygen atoms in total. The van der Waals surface area contributed by atoms with E-state index in [1.165, 1.54) is 11.8 Å². The number of carboxylic acid groups (broad SMARTS) is 1. The fourth-order valence-corrected chi connectivity index (χ4v) is 3.24. The Morgan fingerprint density at radius 3 is 2.32 bits per heavy atom. The van der Waals surface area contributed by atoms with E-state index in [2.05, 4.69) is 0 Å². The van der Waals surface area contributed by atoms with Crippen LogP contribution in [0.4, 0.5) is 8.78 Å². The third-order valence-corrected chi connectivity index (χ3v) is 4.88. The van der Waals surface area contributed by atoms with E-state index in [1.807, 2.05) is 18.2 Å². The molecule has 3 atom stereocenters. The van der Waals surface area contributed by atoms with Crippen molar-refractivity contribution in [2.75, 3.05) is 13.1 Å². The topological polar surface area (TPSA) is 57.6 Å². The zero-order valence-electron chi connectivity index (χ0n) is 12.1. The van der Waals surface area contributed by atoms with Gasteiger partial charge in [-0.25, -0.2) is 8.78 Å². The third-order valence-electron chi connectivity index (χ3n) is 4.88. The highest BCUT2D eigenvalue weighted by atomic mass is 19.3. The minimum Gasteiger partial charge on any atom is -0.481 e. The molecule has 1 heterocycles. The van der Waals surface area contributed by atoms with Crippen molar-refractivity contribution in [1.29, 1.82) is 0 Å². The molecule has 0 bridgehead atoms. The number of hydrogen-bond donors (Lipinski definition) is 1. The van der Waals surface area contributed by atoms with Gasteiger partial charge in [-0.15, -0.1) is 0 Å². The highest BCUT2D eigenvalue weighted by Crippen LogP contribution is 2.61. The predicted octanol–water partition coefficient (Wildman–Crippen LogP) is 2.36. The van der Waals surface area contributed by atoms with E-state index in [9.17, 15) is 23.5 Å². The summed E-state index contributed by atoms with van der Waals surface area (Å²) in [5, 5.41) is 9.38. The molecule has 1 aromatic carbocycles. The number of benzene rings is 1. The molecule has 1 saturated carbocycles.